The Hall–Kier alpha value is -0.960. The zero-order valence-corrected chi connectivity index (χ0v) is 10.3. The molecule has 0 bridgehead atoms. The van der Waals surface area contributed by atoms with E-state index >= 15 is 0 Å². The van der Waals surface area contributed by atoms with E-state index in [0.717, 1.165) is 13.1 Å². The van der Waals surface area contributed by atoms with E-state index in [-0.39, 0.29) is 11.1 Å². The molecular weight excluding hydrogens is 226 g/mol. The number of carbonyl (C=O) groups excluding carboxylic acids is 1. The SMILES string of the molecule is CC1CC(C)CN(C(=O)c2ccc(Cl)o2)C1. The van der Waals surface area contributed by atoms with E-state index in [2.05, 4.69) is 13.8 Å². The summed E-state index contributed by atoms with van der Waals surface area (Å²) in [7, 11) is 0. The molecule has 2 rings (SSSR count). The minimum absolute atomic E-state index is 0.0506. The second-order valence-corrected chi connectivity index (χ2v) is 5.13. The molecule has 2 heterocycles. The van der Waals surface area contributed by atoms with Crippen LogP contribution in [0.25, 0.3) is 0 Å². The Kier molecular flexibility index (Phi) is 3.24. The lowest BCUT2D eigenvalue weighted by atomic mass is 9.92. The molecule has 1 aromatic rings. The Morgan fingerprint density at radius 1 is 1.38 bits per heavy atom. The summed E-state index contributed by atoms with van der Waals surface area (Å²) in [6, 6.07) is 3.24. The van der Waals surface area contributed by atoms with Crippen molar-refractivity contribution in [1.82, 2.24) is 4.90 Å². The number of rotatable bonds is 1. The molecule has 1 aliphatic heterocycles. The Bertz CT molecular complexity index is 378. The molecule has 2 unspecified atom stereocenters. The Balaban J connectivity index is 2.09. The van der Waals surface area contributed by atoms with Crippen LogP contribution in [0.4, 0.5) is 0 Å². The number of amides is 1. The second-order valence-electron chi connectivity index (χ2n) is 4.76. The van der Waals surface area contributed by atoms with Crippen molar-refractivity contribution in [2.75, 3.05) is 13.1 Å². The predicted molar refractivity (Wildman–Crippen MR) is 62.6 cm³/mol. The first-order valence-corrected chi connectivity index (χ1v) is 5.98. The Labute approximate surface area is 100 Å². The Morgan fingerprint density at radius 2 is 2.00 bits per heavy atom. The van der Waals surface area contributed by atoms with E-state index in [9.17, 15) is 4.79 Å². The first kappa shape index (κ1) is 11.5. The number of hydrogen-bond acceptors (Lipinski definition) is 2. The van der Waals surface area contributed by atoms with Gasteiger partial charge in [0.2, 0.25) is 0 Å². The average molecular weight is 242 g/mol. The van der Waals surface area contributed by atoms with E-state index in [1.807, 2.05) is 4.90 Å². The van der Waals surface area contributed by atoms with Crippen LogP contribution >= 0.6 is 11.6 Å². The van der Waals surface area contributed by atoms with E-state index in [0.29, 0.717) is 17.6 Å². The van der Waals surface area contributed by atoms with E-state index in [4.69, 9.17) is 16.0 Å². The summed E-state index contributed by atoms with van der Waals surface area (Å²) in [6.45, 7) is 5.96. The molecule has 2 atom stereocenters. The molecule has 1 saturated heterocycles. The fourth-order valence-electron chi connectivity index (χ4n) is 2.41. The topological polar surface area (TPSA) is 33.5 Å². The fraction of sp³-hybridized carbons (Fsp3) is 0.583. The van der Waals surface area contributed by atoms with Crippen LogP contribution in [0.5, 0.6) is 0 Å². The highest BCUT2D eigenvalue weighted by Crippen LogP contribution is 2.23. The first-order chi connectivity index (χ1) is 7.56. The minimum Gasteiger partial charge on any atom is -0.440 e. The molecule has 16 heavy (non-hydrogen) atoms. The average Bonchev–Trinajstić information content (AvgIpc) is 2.62. The summed E-state index contributed by atoms with van der Waals surface area (Å²) in [5.41, 5.74) is 0. The molecule has 0 radical (unpaired) electrons. The highest BCUT2D eigenvalue weighted by atomic mass is 35.5. The number of piperidine rings is 1. The molecule has 1 aliphatic rings. The summed E-state index contributed by atoms with van der Waals surface area (Å²) in [5.74, 6) is 1.40. The van der Waals surface area contributed by atoms with Crippen molar-refractivity contribution >= 4 is 17.5 Å². The number of carbonyl (C=O) groups is 1. The number of likely N-dealkylation sites (tertiary alicyclic amines) is 1. The maximum atomic E-state index is 12.1. The third-order valence-corrected chi connectivity index (χ3v) is 3.14. The van der Waals surface area contributed by atoms with Gasteiger partial charge in [-0.1, -0.05) is 13.8 Å². The number of furan rings is 1. The lowest BCUT2D eigenvalue weighted by Gasteiger charge is -2.34. The Morgan fingerprint density at radius 3 is 2.50 bits per heavy atom. The summed E-state index contributed by atoms with van der Waals surface area (Å²) in [6.07, 6.45) is 1.18. The molecule has 4 heteroatoms. The van der Waals surface area contributed by atoms with Gasteiger partial charge in [0.25, 0.3) is 5.91 Å². The number of halogens is 1. The van der Waals surface area contributed by atoms with Crippen LogP contribution in [0.2, 0.25) is 5.22 Å². The van der Waals surface area contributed by atoms with Gasteiger partial charge in [0, 0.05) is 13.1 Å². The van der Waals surface area contributed by atoms with Crippen LogP contribution < -0.4 is 0 Å². The van der Waals surface area contributed by atoms with Crippen LogP contribution in [-0.4, -0.2) is 23.9 Å². The maximum absolute atomic E-state index is 12.1. The van der Waals surface area contributed by atoms with Crippen LogP contribution in [0.15, 0.2) is 16.5 Å². The van der Waals surface area contributed by atoms with Gasteiger partial charge in [0.1, 0.15) is 0 Å². The normalized spacial score (nSPS) is 25.8. The highest BCUT2D eigenvalue weighted by Gasteiger charge is 2.27. The van der Waals surface area contributed by atoms with Crippen molar-refractivity contribution in [2.24, 2.45) is 11.8 Å². The molecule has 1 fully saturated rings. The fourth-order valence-corrected chi connectivity index (χ4v) is 2.56. The van der Waals surface area contributed by atoms with E-state index < -0.39 is 0 Å². The van der Waals surface area contributed by atoms with Gasteiger partial charge in [-0.2, -0.15) is 0 Å². The van der Waals surface area contributed by atoms with Gasteiger partial charge in [-0.3, -0.25) is 4.79 Å². The van der Waals surface area contributed by atoms with Crippen molar-refractivity contribution in [3.05, 3.63) is 23.1 Å². The monoisotopic (exact) mass is 241 g/mol. The summed E-state index contributed by atoms with van der Waals surface area (Å²) >= 11 is 5.66. The summed E-state index contributed by atoms with van der Waals surface area (Å²) < 4.78 is 5.14. The summed E-state index contributed by atoms with van der Waals surface area (Å²) in [5, 5.41) is 0.265. The van der Waals surface area contributed by atoms with Crippen LogP contribution in [0.1, 0.15) is 30.8 Å². The predicted octanol–water partition coefficient (Wildman–Crippen LogP) is 3.05. The molecule has 1 aromatic heterocycles. The maximum Gasteiger partial charge on any atom is 0.289 e. The third-order valence-electron chi connectivity index (χ3n) is 2.94. The molecule has 0 aromatic carbocycles. The molecule has 0 aliphatic carbocycles. The number of hydrogen-bond donors (Lipinski definition) is 0. The van der Waals surface area contributed by atoms with E-state index in [1.54, 1.807) is 12.1 Å². The molecule has 1 amide bonds. The number of nitrogens with zero attached hydrogens (tertiary/aromatic N) is 1. The van der Waals surface area contributed by atoms with Gasteiger partial charge < -0.3 is 9.32 Å². The smallest absolute Gasteiger partial charge is 0.289 e. The standard InChI is InChI=1S/C12H16ClNO2/c1-8-5-9(2)7-14(6-8)12(15)10-3-4-11(13)16-10/h3-4,8-9H,5-7H2,1-2H3. The van der Waals surface area contributed by atoms with Gasteiger partial charge >= 0.3 is 0 Å². The van der Waals surface area contributed by atoms with Gasteiger partial charge in [-0.15, -0.1) is 0 Å². The van der Waals surface area contributed by atoms with Crippen molar-refractivity contribution in [2.45, 2.75) is 20.3 Å². The van der Waals surface area contributed by atoms with Gasteiger partial charge in [-0.25, -0.2) is 0 Å². The van der Waals surface area contributed by atoms with Crippen molar-refractivity contribution < 1.29 is 9.21 Å². The second kappa shape index (κ2) is 4.50. The van der Waals surface area contributed by atoms with Gasteiger partial charge in [0.15, 0.2) is 11.0 Å². The van der Waals surface area contributed by atoms with Crippen molar-refractivity contribution in [3.8, 4) is 0 Å². The molecular formula is C12H16ClNO2. The lowest BCUT2D eigenvalue weighted by molar-refractivity contribution is 0.0591. The zero-order chi connectivity index (χ0) is 11.7. The van der Waals surface area contributed by atoms with Crippen LogP contribution in [0, 0.1) is 11.8 Å². The third kappa shape index (κ3) is 2.40. The molecule has 0 N–H and O–H groups in total. The largest absolute Gasteiger partial charge is 0.440 e. The molecule has 88 valence electrons. The first-order valence-electron chi connectivity index (χ1n) is 5.61. The molecule has 3 nitrogen and oxygen atoms in total. The van der Waals surface area contributed by atoms with Gasteiger partial charge in [0.05, 0.1) is 0 Å². The molecule has 0 saturated carbocycles. The highest BCUT2D eigenvalue weighted by molar-refractivity contribution is 6.29. The quantitative estimate of drug-likeness (QED) is 0.757. The van der Waals surface area contributed by atoms with E-state index in [1.165, 1.54) is 6.42 Å². The van der Waals surface area contributed by atoms with Crippen molar-refractivity contribution in [3.63, 3.8) is 0 Å². The van der Waals surface area contributed by atoms with Crippen LogP contribution in [0.3, 0.4) is 0 Å². The molecule has 0 spiro atoms. The zero-order valence-electron chi connectivity index (χ0n) is 9.57. The lowest BCUT2D eigenvalue weighted by Crippen LogP contribution is -2.42. The minimum atomic E-state index is -0.0506. The summed E-state index contributed by atoms with van der Waals surface area (Å²) in [4.78, 5) is 13.9. The van der Waals surface area contributed by atoms with Crippen molar-refractivity contribution in [1.29, 1.82) is 0 Å². The van der Waals surface area contributed by atoms with Gasteiger partial charge in [-0.05, 0) is 42.0 Å². The van der Waals surface area contributed by atoms with Crippen LogP contribution in [-0.2, 0) is 0 Å².